The van der Waals surface area contributed by atoms with Crippen LogP contribution in [0.5, 0.6) is 0 Å². The molecule has 0 spiro atoms. The fraction of sp³-hybridized carbons (Fsp3) is 0.381. The molecule has 8 nitrogen and oxygen atoms in total. The van der Waals surface area contributed by atoms with Crippen molar-refractivity contribution in [3.8, 4) is 0 Å². The number of imidazole rings is 1. The normalized spacial score (nSPS) is 17.5. The Morgan fingerprint density at radius 1 is 1.17 bits per heavy atom. The molecule has 0 bridgehead atoms. The van der Waals surface area contributed by atoms with Crippen molar-refractivity contribution in [1.29, 1.82) is 0 Å². The predicted octanol–water partition coefficient (Wildman–Crippen LogP) is 1.07. The second kappa shape index (κ2) is 7.71. The molecule has 1 fully saturated rings. The van der Waals surface area contributed by atoms with E-state index in [-0.39, 0.29) is 17.3 Å². The molecule has 3 heterocycles. The highest BCUT2D eigenvalue weighted by Crippen LogP contribution is 2.23. The van der Waals surface area contributed by atoms with Crippen LogP contribution in [0.2, 0.25) is 0 Å². The van der Waals surface area contributed by atoms with Gasteiger partial charge >= 0.3 is 5.69 Å². The summed E-state index contributed by atoms with van der Waals surface area (Å²) in [6, 6.07) is 10.1. The number of hydrogen-bond donors (Lipinski definition) is 1. The summed E-state index contributed by atoms with van der Waals surface area (Å²) in [5.41, 5.74) is 7.38. The molecule has 0 aliphatic carbocycles. The van der Waals surface area contributed by atoms with Crippen LogP contribution in [0.4, 0.5) is 5.95 Å². The van der Waals surface area contributed by atoms with E-state index >= 15 is 0 Å². The molecule has 1 saturated heterocycles. The van der Waals surface area contributed by atoms with Crippen molar-refractivity contribution < 1.29 is 0 Å². The van der Waals surface area contributed by atoms with E-state index in [0.29, 0.717) is 30.2 Å². The second-order valence-electron chi connectivity index (χ2n) is 7.56. The number of anilines is 1. The fourth-order valence-corrected chi connectivity index (χ4v) is 3.90. The summed E-state index contributed by atoms with van der Waals surface area (Å²) >= 11 is 0. The molecule has 2 aromatic heterocycles. The van der Waals surface area contributed by atoms with Gasteiger partial charge in [0.1, 0.15) is 0 Å². The van der Waals surface area contributed by atoms with E-state index in [1.165, 1.54) is 11.6 Å². The van der Waals surface area contributed by atoms with Gasteiger partial charge in [0, 0.05) is 39.8 Å². The minimum Gasteiger partial charge on any atom is -0.341 e. The van der Waals surface area contributed by atoms with Crippen molar-refractivity contribution in [1.82, 2.24) is 18.7 Å². The van der Waals surface area contributed by atoms with Crippen LogP contribution >= 0.6 is 0 Å². The third-order valence-electron chi connectivity index (χ3n) is 5.47. The van der Waals surface area contributed by atoms with Crippen LogP contribution in [-0.2, 0) is 20.6 Å². The number of rotatable bonds is 4. The summed E-state index contributed by atoms with van der Waals surface area (Å²) < 4.78 is 4.46. The van der Waals surface area contributed by atoms with Crippen LogP contribution in [0.3, 0.4) is 0 Å². The Kier molecular flexibility index (Phi) is 5.10. The third kappa shape index (κ3) is 3.51. The van der Waals surface area contributed by atoms with Crippen molar-refractivity contribution in [3.05, 3.63) is 62.8 Å². The Hall–Kier alpha value is -3.13. The van der Waals surface area contributed by atoms with Gasteiger partial charge in [-0.25, -0.2) is 4.79 Å². The first kappa shape index (κ1) is 19.2. The summed E-state index contributed by atoms with van der Waals surface area (Å²) in [6.45, 7) is 1.98. The largest absolute Gasteiger partial charge is 0.341 e. The van der Waals surface area contributed by atoms with Crippen LogP contribution in [-0.4, -0.2) is 37.8 Å². The first-order valence-electron chi connectivity index (χ1n) is 9.85. The Labute approximate surface area is 168 Å². The number of nitrogens with zero attached hydrogens (tertiary/aromatic N) is 5. The molecule has 2 N–H and O–H groups in total. The van der Waals surface area contributed by atoms with Gasteiger partial charge in [0.2, 0.25) is 5.95 Å². The topological polar surface area (TPSA) is 91.1 Å². The number of nitrogens with two attached hydrogens (primary N) is 1. The Morgan fingerprint density at radius 3 is 2.66 bits per heavy atom. The lowest BCUT2D eigenvalue weighted by Gasteiger charge is -2.31. The standard InChI is InChI=1S/C21H26N6O2/c1-24-18-17(19(28)25(2)21(24)29)27(13-6-10-15-8-4-3-5-9-15)20(23-18)26-12-7-11-16(22)14-26/h3-6,8-10,16H,7,11-14,22H2,1-2H3/b10-6+. The van der Waals surface area contributed by atoms with Crippen LogP contribution in [0.15, 0.2) is 46.0 Å². The lowest BCUT2D eigenvalue weighted by atomic mass is 10.1. The maximum atomic E-state index is 12.9. The van der Waals surface area contributed by atoms with Gasteiger partial charge in [0.05, 0.1) is 0 Å². The van der Waals surface area contributed by atoms with E-state index in [0.717, 1.165) is 29.5 Å². The number of allylic oxidation sites excluding steroid dienone is 1. The molecule has 0 radical (unpaired) electrons. The van der Waals surface area contributed by atoms with Gasteiger partial charge in [-0.3, -0.25) is 13.9 Å². The molecule has 0 amide bonds. The zero-order valence-corrected chi connectivity index (χ0v) is 16.8. The van der Waals surface area contributed by atoms with Crippen LogP contribution in [0, 0.1) is 0 Å². The SMILES string of the molecule is Cn1c(=O)c2c(nc(N3CCCC(N)C3)n2C/C=C/c2ccccc2)n(C)c1=O. The lowest BCUT2D eigenvalue weighted by Crippen LogP contribution is -2.44. The highest BCUT2D eigenvalue weighted by atomic mass is 16.2. The van der Waals surface area contributed by atoms with E-state index in [1.54, 1.807) is 7.05 Å². The summed E-state index contributed by atoms with van der Waals surface area (Å²) in [5.74, 6) is 0.686. The van der Waals surface area contributed by atoms with E-state index in [1.807, 2.05) is 47.1 Å². The quantitative estimate of drug-likeness (QED) is 0.715. The highest BCUT2D eigenvalue weighted by molar-refractivity contribution is 5.75. The van der Waals surface area contributed by atoms with Crippen LogP contribution in [0.25, 0.3) is 17.2 Å². The average Bonchev–Trinajstić information content (AvgIpc) is 3.11. The van der Waals surface area contributed by atoms with Gasteiger partial charge in [0.25, 0.3) is 5.56 Å². The highest BCUT2D eigenvalue weighted by Gasteiger charge is 2.25. The molecule has 0 saturated carbocycles. The number of aryl methyl sites for hydroxylation is 1. The molecule has 1 unspecified atom stereocenters. The Balaban J connectivity index is 1.84. The van der Waals surface area contributed by atoms with Crippen molar-refractivity contribution in [2.24, 2.45) is 19.8 Å². The van der Waals surface area contributed by atoms with E-state index in [4.69, 9.17) is 10.7 Å². The van der Waals surface area contributed by atoms with Gasteiger partial charge < -0.3 is 15.2 Å². The first-order chi connectivity index (χ1) is 14.0. The number of hydrogen-bond acceptors (Lipinski definition) is 5. The van der Waals surface area contributed by atoms with Gasteiger partial charge in [-0.05, 0) is 18.4 Å². The predicted molar refractivity (Wildman–Crippen MR) is 115 cm³/mol. The third-order valence-corrected chi connectivity index (χ3v) is 5.47. The van der Waals surface area contributed by atoms with Crippen molar-refractivity contribution in [2.75, 3.05) is 18.0 Å². The Bertz CT molecular complexity index is 1170. The molecule has 1 atom stereocenters. The number of piperidine rings is 1. The zero-order chi connectivity index (χ0) is 20.5. The van der Waals surface area contributed by atoms with Crippen LogP contribution in [0.1, 0.15) is 18.4 Å². The van der Waals surface area contributed by atoms with Crippen molar-refractivity contribution >= 4 is 23.2 Å². The van der Waals surface area contributed by atoms with E-state index in [2.05, 4.69) is 4.90 Å². The number of fused-ring (bicyclic) bond motifs is 1. The van der Waals surface area contributed by atoms with Gasteiger partial charge in [-0.2, -0.15) is 4.98 Å². The van der Waals surface area contributed by atoms with E-state index < -0.39 is 0 Å². The first-order valence-corrected chi connectivity index (χ1v) is 9.85. The molecule has 1 aliphatic rings. The maximum absolute atomic E-state index is 12.9. The molecule has 1 aromatic carbocycles. The average molecular weight is 394 g/mol. The molecule has 1 aliphatic heterocycles. The summed E-state index contributed by atoms with van der Waals surface area (Å²) in [4.78, 5) is 32.1. The molecular weight excluding hydrogens is 368 g/mol. The van der Waals surface area contributed by atoms with Gasteiger partial charge in [-0.1, -0.05) is 42.5 Å². The zero-order valence-electron chi connectivity index (χ0n) is 16.8. The Morgan fingerprint density at radius 2 is 1.93 bits per heavy atom. The van der Waals surface area contributed by atoms with Crippen molar-refractivity contribution in [3.63, 3.8) is 0 Å². The molecule has 152 valence electrons. The molecular formula is C21H26N6O2. The van der Waals surface area contributed by atoms with Crippen LogP contribution < -0.4 is 21.9 Å². The summed E-state index contributed by atoms with van der Waals surface area (Å²) in [5, 5.41) is 0. The minimum atomic E-state index is -0.381. The second-order valence-corrected chi connectivity index (χ2v) is 7.56. The fourth-order valence-electron chi connectivity index (χ4n) is 3.90. The summed E-state index contributed by atoms with van der Waals surface area (Å²) in [6.07, 6.45) is 5.98. The lowest BCUT2D eigenvalue weighted by molar-refractivity contribution is 0.495. The smallest absolute Gasteiger partial charge is 0.332 e. The molecule has 3 aromatic rings. The molecule has 4 rings (SSSR count). The number of benzene rings is 1. The maximum Gasteiger partial charge on any atom is 0.332 e. The van der Waals surface area contributed by atoms with E-state index in [9.17, 15) is 9.59 Å². The number of aromatic nitrogens is 4. The molecule has 29 heavy (non-hydrogen) atoms. The van der Waals surface area contributed by atoms with Crippen molar-refractivity contribution in [2.45, 2.75) is 25.4 Å². The summed E-state index contributed by atoms with van der Waals surface area (Å²) in [7, 11) is 3.14. The van der Waals surface area contributed by atoms with Gasteiger partial charge in [0.15, 0.2) is 11.2 Å². The minimum absolute atomic E-state index is 0.0727. The molecule has 8 heteroatoms. The van der Waals surface area contributed by atoms with Gasteiger partial charge in [-0.15, -0.1) is 0 Å². The monoisotopic (exact) mass is 394 g/mol.